The highest BCUT2D eigenvalue weighted by molar-refractivity contribution is 6.06. The number of amides is 3. The van der Waals surface area contributed by atoms with Gasteiger partial charge in [0.15, 0.2) is 0 Å². The van der Waals surface area contributed by atoms with Gasteiger partial charge in [0.1, 0.15) is 5.54 Å². The van der Waals surface area contributed by atoms with Crippen LogP contribution in [0.5, 0.6) is 0 Å². The van der Waals surface area contributed by atoms with Crippen LogP contribution in [0.2, 0.25) is 0 Å². The predicted octanol–water partition coefficient (Wildman–Crippen LogP) is -0.953. The third-order valence-corrected chi connectivity index (χ3v) is 3.29. The van der Waals surface area contributed by atoms with Gasteiger partial charge in [-0.05, 0) is 13.8 Å². The van der Waals surface area contributed by atoms with Crippen molar-refractivity contribution in [3.63, 3.8) is 0 Å². The molecule has 1 heterocycles. The second-order valence-corrected chi connectivity index (χ2v) is 5.12. The molecular weight excluding hydrogens is 280 g/mol. The van der Waals surface area contributed by atoms with Gasteiger partial charge in [-0.15, -0.1) is 0 Å². The van der Waals surface area contributed by atoms with Crippen molar-refractivity contribution in [3.05, 3.63) is 0 Å². The molecule has 122 valence electrons. The van der Waals surface area contributed by atoms with Gasteiger partial charge in [-0.1, -0.05) is 0 Å². The molecule has 0 aromatic carbocycles. The van der Waals surface area contributed by atoms with Crippen molar-refractivity contribution < 1.29 is 29.3 Å². The van der Waals surface area contributed by atoms with Crippen LogP contribution in [0, 0.1) is 0 Å². The maximum absolute atomic E-state index is 12.3. The Kier molecular flexibility index (Phi) is 7.03. The van der Waals surface area contributed by atoms with E-state index in [-0.39, 0.29) is 64.7 Å². The minimum Gasteiger partial charge on any atom is -0.394 e. The number of rotatable bonds is 10. The summed E-state index contributed by atoms with van der Waals surface area (Å²) in [4.78, 5) is 27.2. The first-order valence-corrected chi connectivity index (χ1v) is 6.97. The van der Waals surface area contributed by atoms with Gasteiger partial charge in [0.05, 0.1) is 46.2 Å². The lowest BCUT2D eigenvalue weighted by Crippen LogP contribution is -2.45. The predicted molar refractivity (Wildman–Crippen MR) is 73.7 cm³/mol. The van der Waals surface area contributed by atoms with Crippen molar-refractivity contribution in [2.75, 3.05) is 52.7 Å². The Morgan fingerprint density at radius 2 is 1.48 bits per heavy atom. The smallest absolute Gasteiger partial charge is 0.327 e. The molecule has 1 aliphatic rings. The van der Waals surface area contributed by atoms with Gasteiger partial charge in [-0.2, -0.15) is 0 Å². The van der Waals surface area contributed by atoms with Crippen LogP contribution in [0.4, 0.5) is 4.79 Å². The molecule has 2 N–H and O–H groups in total. The SMILES string of the molecule is CC1(C)C(=O)N(CCOCCO)C(=O)N1CCOCCO. The summed E-state index contributed by atoms with van der Waals surface area (Å²) in [7, 11) is 0. The van der Waals surface area contributed by atoms with Crippen molar-refractivity contribution >= 4 is 11.9 Å². The highest BCUT2D eigenvalue weighted by atomic mass is 16.5. The Labute approximate surface area is 124 Å². The number of nitrogens with zero attached hydrogens (tertiary/aromatic N) is 2. The minimum absolute atomic E-state index is 0.0788. The second kappa shape index (κ2) is 8.28. The molecule has 0 radical (unpaired) electrons. The van der Waals surface area contributed by atoms with Gasteiger partial charge in [0.25, 0.3) is 5.91 Å². The normalized spacial score (nSPS) is 17.9. The standard InChI is InChI=1S/C13H24N2O6/c1-13(2)11(18)14(3-7-20-9-5-16)12(19)15(13)4-8-21-10-6-17/h16-17H,3-10H2,1-2H3. The highest BCUT2D eigenvalue weighted by Crippen LogP contribution is 2.27. The van der Waals surface area contributed by atoms with E-state index in [2.05, 4.69) is 0 Å². The summed E-state index contributed by atoms with van der Waals surface area (Å²) in [6, 6.07) is -0.370. The molecule has 8 heteroatoms. The van der Waals surface area contributed by atoms with Gasteiger partial charge in [-0.25, -0.2) is 4.79 Å². The van der Waals surface area contributed by atoms with Gasteiger partial charge in [0.2, 0.25) is 0 Å². The van der Waals surface area contributed by atoms with Crippen LogP contribution in [0.3, 0.4) is 0 Å². The van der Waals surface area contributed by atoms with Gasteiger partial charge in [-0.3, -0.25) is 9.69 Å². The Balaban J connectivity index is 2.56. The van der Waals surface area contributed by atoms with Crippen LogP contribution in [0.15, 0.2) is 0 Å². The van der Waals surface area contributed by atoms with E-state index in [9.17, 15) is 9.59 Å². The molecule has 0 spiro atoms. The molecule has 8 nitrogen and oxygen atoms in total. The van der Waals surface area contributed by atoms with E-state index in [0.29, 0.717) is 0 Å². The van der Waals surface area contributed by atoms with Crippen molar-refractivity contribution in [3.8, 4) is 0 Å². The number of hydrogen-bond acceptors (Lipinski definition) is 6. The zero-order chi connectivity index (χ0) is 15.9. The zero-order valence-electron chi connectivity index (χ0n) is 12.6. The topological polar surface area (TPSA) is 99.5 Å². The number of ether oxygens (including phenoxy) is 2. The van der Waals surface area contributed by atoms with E-state index in [1.165, 1.54) is 4.90 Å². The van der Waals surface area contributed by atoms with Crippen LogP contribution in [0.1, 0.15) is 13.8 Å². The summed E-state index contributed by atoms with van der Waals surface area (Å²) in [6.07, 6.45) is 0. The number of imide groups is 1. The summed E-state index contributed by atoms with van der Waals surface area (Å²) in [5.41, 5.74) is -0.920. The van der Waals surface area contributed by atoms with E-state index in [1.54, 1.807) is 13.8 Å². The Bertz CT molecular complexity index is 361. The van der Waals surface area contributed by atoms with Crippen LogP contribution < -0.4 is 0 Å². The van der Waals surface area contributed by atoms with Gasteiger partial charge < -0.3 is 24.6 Å². The molecule has 0 unspecified atom stereocenters. The molecule has 3 amide bonds. The number of aliphatic hydroxyl groups is 2. The quantitative estimate of drug-likeness (QED) is 0.399. The first-order chi connectivity index (χ1) is 9.96. The molecule has 0 saturated carbocycles. The monoisotopic (exact) mass is 304 g/mol. The molecule has 0 aromatic heterocycles. The minimum atomic E-state index is -0.920. The largest absolute Gasteiger partial charge is 0.394 e. The van der Waals surface area contributed by atoms with E-state index < -0.39 is 5.54 Å². The lowest BCUT2D eigenvalue weighted by molar-refractivity contribution is -0.132. The summed E-state index contributed by atoms with van der Waals surface area (Å²) in [6.45, 7) is 4.49. The fraction of sp³-hybridized carbons (Fsp3) is 0.846. The lowest BCUT2D eigenvalue weighted by atomic mass is 10.0. The number of hydrogen-bond donors (Lipinski definition) is 2. The summed E-state index contributed by atoms with van der Waals surface area (Å²) >= 11 is 0. The first-order valence-electron chi connectivity index (χ1n) is 6.97. The van der Waals surface area contributed by atoms with E-state index in [4.69, 9.17) is 19.7 Å². The molecule has 0 aliphatic carbocycles. The van der Waals surface area contributed by atoms with Crippen LogP contribution in [0.25, 0.3) is 0 Å². The molecule has 1 rings (SSSR count). The summed E-state index contributed by atoms with van der Waals surface area (Å²) < 4.78 is 10.2. The molecule has 21 heavy (non-hydrogen) atoms. The van der Waals surface area contributed by atoms with Crippen molar-refractivity contribution in [1.29, 1.82) is 0 Å². The summed E-state index contributed by atoms with van der Waals surface area (Å²) in [5, 5.41) is 17.3. The highest BCUT2D eigenvalue weighted by Gasteiger charge is 2.50. The van der Waals surface area contributed by atoms with Crippen molar-refractivity contribution in [2.24, 2.45) is 0 Å². The molecule has 1 fully saturated rings. The van der Waals surface area contributed by atoms with Crippen LogP contribution >= 0.6 is 0 Å². The molecular formula is C13H24N2O6. The van der Waals surface area contributed by atoms with Crippen molar-refractivity contribution in [2.45, 2.75) is 19.4 Å². The average molecular weight is 304 g/mol. The van der Waals surface area contributed by atoms with Crippen LogP contribution in [-0.2, 0) is 14.3 Å². The maximum Gasteiger partial charge on any atom is 0.327 e. The fourth-order valence-corrected chi connectivity index (χ4v) is 2.13. The Hall–Kier alpha value is -1.22. The molecule has 0 bridgehead atoms. The van der Waals surface area contributed by atoms with E-state index in [0.717, 1.165) is 4.90 Å². The van der Waals surface area contributed by atoms with Crippen molar-refractivity contribution in [1.82, 2.24) is 9.80 Å². The lowest BCUT2D eigenvalue weighted by Gasteiger charge is -2.27. The molecule has 0 aromatic rings. The second-order valence-electron chi connectivity index (χ2n) is 5.12. The molecule has 1 aliphatic heterocycles. The van der Waals surface area contributed by atoms with E-state index in [1.807, 2.05) is 0 Å². The number of carbonyl (C=O) groups is 2. The zero-order valence-corrected chi connectivity index (χ0v) is 12.6. The Morgan fingerprint density at radius 3 is 2.00 bits per heavy atom. The third kappa shape index (κ3) is 4.37. The number of carbonyl (C=O) groups excluding carboxylic acids is 2. The average Bonchev–Trinajstić information content (AvgIpc) is 2.60. The molecule has 1 saturated heterocycles. The fourth-order valence-electron chi connectivity index (χ4n) is 2.13. The first kappa shape index (κ1) is 17.8. The van der Waals surface area contributed by atoms with E-state index >= 15 is 0 Å². The number of aliphatic hydroxyl groups excluding tert-OH is 2. The Morgan fingerprint density at radius 1 is 0.952 bits per heavy atom. The van der Waals surface area contributed by atoms with Crippen LogP contribution in [-0.4, -0.2) is 90.2 Å². The summed E-state index contributed by atoms with van der Waals surface area (Å²) in [5.74, 6) is -0.276. The third-order valence-electron chi connectivity index (χ3n) is 3.29. The maximum atomic E-state index is 12.3. The number of urea groups is 1. The molecule has 0 atom stereocenters. The van der Waals surface area contributed by atoms with Gasteiger partial charge >= 0.3 is 6.03 Å². The van der Waals surface area contributed by atoms with Gasteiger partial charge in [0, 0.05) is 6.54 Å².